The van der Waals surface area contributed by atoms with Crippen molar-refractivity contribution < 1.29 is 38.4 Å². The molecular weight excluding hydrogens is 590 g/mol. The van der Waals surface area contributed by atoms with E-state index in [-0.39, 0.29) is 48.5 Å². The second-order valence-electron chi connectivity index (χ2n) is 13.8. The lowest BCUT2D eigenvalue weighted by Gasteiger charge is -2.33. The lowest BCUT2D eigenvalue weighted by atomic mass is 9.80. The quantitative estimate of drug-likeness (QED) is 0.146. The maximum absolute atomic E-state index is 13.3. The van der Waals surface area contributed by atoms with Crippen molar-refractivity contribution in [2.45, 2.75) is 111 Å². The molecule has 0 saturated carbocycles. The summed E-state index contributed by atoms with van der Waals surface area (Å²) in [4.78, 5) is 38.1. The van der Waals surface area contributed by atoms with Crippen LogP contribution < -0.4 is 25.4 Å². The van der Waals surface area contributed by atoms with Crippen LogP contribution in [0.4, 0.5) is 4.79 Å². The van der Waals surface area contributed by atoms with Gasteiger partial charge in [-0.25, -0.2) is 4.79 Å². The first kappa shape index (κ1) is 41.0. The number of hydrogen-bond acceptors (Lipinski definition) is 8. The van der Waals surface area contributed by atoms with Crippen LogP contribution in [0.25, 0.3) is 0 Å². The third kappa shape index (κ3) is 15.5. The fourth-order valence-electron chi connectivity index (χ4n) is 5.22. The van der Waals surface area contributed by atoms with Crippen molar-refractivity contribution in [3.05, 3.63) is 23.8 Å². The van der Waals surface area contributed by atoms with Crippen molar-refractivity contribution in [2.24, 2.45) is 23.7 Å². The molecule has 1 rings (SSSR count). The van der Waals surface area contributed by atoms with Gasteiger partial charge in [0, 0.05) is 45.6 Å². The Bertz CT molecular complexity index is 1070. The van der Waals surface area contributed by atoms with Crippen molar-refractivity contribution in [3.8, 4) is 11.5 Å². The standard InChI is InChI=1S/C35H61N3O8/c1-22(2)26(18-25-13-14-30(44-11)31(19-25)45-16-12-15-43-10)20-28(38-34(42)46-35(6,7)8)29(39)21-27(23(3)4)33(41)37-24(5)17-32(40)36-9/h13-14,19,22-24,26-29,39H,12,15-18,20-21H2,1-11H3,(H,36,40)(H,37,41)(H,38,42)/t24-,26+,27+,28+,29+/m1/s1. The van der Waals surface area contributed by atoms with E-state index in [0.29, 0.717) is 37.6 Å². The first-order chi connectivity index (χ1) is 21.5. The van der Waals surface area contributed by atoms with Crippen LogP contribution in [0.15, 0.2) is 18.2 Å². The summed E-state index contributed by atoms with van der Waals surface area (Å²) >= 11 is 0. The van der Waals surface area contributed by atoms with Crippen molar-refractivity contribution in [1.29, 1.82) is 0 Å². The number of ether oxygens (including phenoxy) is 4. The van der Waals surface area contributed by atoms with E-state index in [4.69, 9.17) is 18.9 Å². The maximum Gasteiger partial charge on any atom is 0.407 e. The number of benzene rings is 1. The Morgan fingerprint density at radius 2 is 1.59 bits per heavy atom. The zero-order valence-electron chi connectivity index (χ0n) is 30.0. The average molecular weight is 652 g/mol. The number of carbonyl (C=O) groups excluding carboxylic acids is 3. The minimum Gasteiger partial charge on any atom is -0.493 e. The van der Waals surface area contributed by atoms with Crippen molar-refractivity contribution in [3.63, 3.8) is 0 Å². The van der Waals surface area contributed by atoms with E-state index in [1.54, 1.807) is 49.0 Å². The van der Waals surface area contributed by atoms with E-state index in [0.717, 1.165) is 12.0 Å². The molecule has 3 amide bonds. The molecule has 11 heteroatoms. The van der Waals surface area contributed by atoms with Crippen LogP contribution in [0.1, 0.15) is 86.6 Å². The largest absolute Gasteiger partial charge is 0.493 e. The Labute approximate surface area is 276 Å². The Morgan fingerprint density at radius 3 is 2.13 bits per heavy atom. The van der Waals surface area contributed by atoms with E-state index >= 15 is 0 Å². The molecule has 0 aromatic heterocycles. The van der Waals surface area contributed by atoms with Crippen LogP contribution in [0.2, 0.25) is 0 Å². The molecule has 0 aliphatic rings. The molecule has 46 heavy (non-hydrogen) atoms. The average Bonchev–Trinajstić information content (AvgIpc) is 2.95. The molecule has 5 atom stereocenters. The summed E-state index contributed by atoms with van der Waals surface area (Å²) in [6.07, 6.45) is 0.491. The second-order valence-corrected chi connectivity index (χ2v) is 13.8. The van der Waals surface area contributed by atoms with Gasteiger partial charge >= 0.3 is 6.09 Å². The summed E-state index contributed by atoms with van der Waals surface area (Å²) in [6, 6.07) is 4.82. The monoisotopic (exact) mass is 651 g/mol. The smallest absolute Gasteiger partial charge is 0.407 e. The molecule has 11 nitrogen and oxygen atoms in total. The predicted octanol–water partition coefficient (Wildman–Crippen LogP) is 4.87. The van der Waals surface area contributed by atoms with E-state index in [2.05, 4.69) is 29.8 Å². The summed E-state index contributed by atoms with van der Waals surface area (Å²) in [6.45, 7) is 16.3. The van der Waals surface area contributed by atoms with Gasteiger partial charge in [-0.05, 0) is 82.4 Å². The molecule has 1 aromatic carbocycles. The fraction of sp³-hybridized carbons (Fsp3) is 0.743. The molecule has 0 aliphatic carbocycles. The van der Waals surface area contributed by atoms with Gasteiger partial charge < -0.3 is 40.0 Å². The molecule has 0 aliphatic heterocycles. The Balaban J connectivity index is 3.25. The highest BCUT2D eigenvalue weighted by atomic mass is 16.6. The molecule has 0 radical (unpaired) electrons. The highest BCUT2D eigenvalue weighted by Crippen LogP contribution is 2.32. The van der Waals surface area contributed by atoms with Gasteiger partial charge in [0.15, 0.2) is 11.5 Å². The summed E-state index contributed by atoms with van der Waals surface area (Å²) in [5.74, 6) is 0.521. The van der Waals surface area contributed by atoms with Gasteiger partial charge in [0.25, 0.3) is 0 Å². The Morgan fingerprint density at radius 1 is 0.913 bits per heavy atom. The van der Waals surface area contributed by atoms with Crippen LogP contribution in [-0.4, -0.2) is 81.3 Å². The molecule has 0 heterocycles. The number of carbonyl (C=O) groups is 3. The van der Waals surface area contributed by atoms with Gasteiger partial charge in [-0.15, -0.1) is 0 Å². The number of aliphatic hydroxyl groups is 1. The van der Waals surface area contributed by atoms with E-state index in [9.17, 15) is 19.5 Å². The number of aliphatic hydroxyl groups excluding tert-OH is 1. The normalized spacial score (nSPS) is 15.0. The second kappa shape index (κ2) is 20.2. The SMILES string of the molecule is CNC(=O)C[C@@H](C)NC(=O)[C@@H](C[C@H](O)[C@H](C[C@H](Cc1ccc(OC)c(OCCCOC)c1)C(C)C)NC(=O)OC(C)(C)C)C(C)C. The Kier molecular flexibility index (Phi) is 18.0. The molecule has 0 fully saturated rings. The molecule has 1 aromatic rings. The zero-order chi connectivity index (χ0) is 35.0. The molecule has 264 valence electrons. The van der Waals surface area contributed by atoms with Crippen LogP contribution in [0.5, 0.6) is 11.5 Å². The number of nitrogens with one attached hydrogen (secondary N) is 3. The van der Waals surface area contributed by atoms with Crippen LogP contribution >= 0.6 is 0 Å². The van der Waals surface area contributed by atoms with Crippen molar-refractivity contribution in [2.75, 3.05) is 34.5 Å². The third-order valence-corrected chi connectivity index (χ3v) is 7.94. The minimum atomic E-state index is -1.03. The summed E-state index contributed by atoms with van der Waals surface area (Å²) in [5, 5.41) is 20.0. The highest BCUT2D eigenvalue weighted by Gasteiger charge is 2.33. The number of rotatable bonds is 20. The summed E-state index contributed by atoms with van der Waals surface area (Å²) < 4.78 is 22.2. The molecular formula is C35H61N3O8. The zero-order valence-corrected chi connectivity index (χ0v) is 30.0. The molecule has 0 bridgehead atoms. The van der Waals surface area contributed by atoms with Gasteiger partial charge in [0.2, 0.25) is 11.8 Å². The molecule has 0 unspecified atom stereocenters. The number of methoxy groups -OCH3 is 2. The molecule has 4 N–H and O–H groups in total. The van der Waals surface area contributed by atoms with Crippen LogP contribution in [-0.2, 0) is 25.5 Å². The molecule has 0 saturated heterocycles. The van der Waals surface area contributed by atoms with Crippen molar-refractivity contribution >= 4 is 17.9 Å². The minimum absolute atomic E-state index is 0.0585. The van der Waals surface area contributed by atoms with E-state index < -0.39 is 29.8 Å². The summed E-state index contributed by atoms with van der Waals surface area (Å²) in [7, 11) is 4.82. The lowest BCUT2D eigenvalue weighted by molar-refractivity contribution is -0.128. The predicted molar refractivity (Wildman–Crippen MR) is 180 cm³/mol. The van der Waals surface area contributed by atoms with Crippen LogP contribution in [0, 0.1) is 23.7 Å². The van der Waals surface area contributed by atoms with E-state index in [1.807, 2.05) is 32.0 Å². The first-order valence-corrected chi connectivity index (χ1v) is 16.5. The van der Waals surface area contributed by atoms with Crippen molar-refractivity contribution in [1.82, 2.24) is 16.0 Å². The fourth-order valence-corrected chi connectivity index (χ4v) is 5.22. The van der Waals surface area contributed by atoms with Crippen LogP contribution in [0.3, 0.4) is 0 Å². The Hall–Kier alpha value is -3.05. The summed E-state index contributed by atoms with van der Waals surface area (Å²) in [5.41, 5.74) is 0.317. The van der Waals surface area contributed by atoms with Gasteiger partial charge in [-0.2, -0.15) is 0 Å². The van der Waals surface area contributed by atoms with Gasteiger partial charge in [0.1, 0.15) is 5.60 Å². The van der Waals surface area contributed by atoms with Gasteiger partial charge in [0.05, 0.1) is 25.9 Å². The number of hydrogen-bond donors (Lipinski definition) is 4. The number of amides is 3. The highest BCUT2D eigenvalue weighted by molar-refractivity contribution is 5.81. The third-order valence-electron chi connectivity index (χ3n) is 7.94. The lowest BCUT2D eigenvalue weighted by Crippen LogP contribution is -2.49. The first-order valence-electron chi connectivity index (χ1n) is 16.5. The van der Waals surface area contributed by atoms with E-state index in [1.165, 1.54) is 0 Å². The van der Waals surface area contributed by atoms with Gasteiger partial charge in [-0.3, -0.25) is 9.59 Å². The van der Waals surface area contributed by atoms with Gasteiger partial charge in [-0.1, -0.05) is 33.8 Å². The number of alkyl carbamates (subject to hydrolysis) is 1. The maximum atomic E-state index is 13.3. The topological polar surface area (TPSA) is 144 Å². The molecule has 0 spiro atoms.